The molecule has 0 aliphatic heterocycles. The lowest BCUT2D eigenvalue weighted by molar-refractivity contribution is 0.484. The van der Waals surface area contributed by atoms with Crippen molar-refractivity contribution in [1.82, 2.24) is 0 Å². The first kappa shape index (κ1) is 9.54. The molecule has 0 spiro atoms. The normalized spacial score (nSPS) is 12.2. The molecule has 0 saturated heterocycles. The predicted molar refractivity (Wildman–Crippen MR) is 57.8 cm³/mol. The average Bonchev–Trinajstić information content (AvgIpc) is 2.36. The van der Waals surface area contributed by atoms with Crippen LogP contribution in [0.2, 0.25) is 19.6 Å². The van der Waals surface area contributed by atoms with E-state index in [1.54, 1.807) is 11.3 Å². The zero-order chi connectivity index (χ0) is 9.03. The molecule has 0 saturated carbocycles. The topological polar surface area (TPSA) is 9.23 Å². The lowest BCUT2D eigenvalue weighted by atomic mass is 10.5. The van der Waals surface area contributed by atoms with Crippen LogP contribution in [0, 0.1) is 0 Å². The van der Waals surface area contributed by atoms with E-state index >= 15 is 0 Å². The third-order valence-corrected chi connectivity index (χ3v) is 2.88. The van der Waals surface area contributed by atoms with Crippen LogP contribution in [0.4, 0.5) is 0 Å². The zero-order valence-electron chi connectivity index (χ0n) is 7.70. The molecule has 1 nitrogen and oxygen atoms in total. The van der Waals surface area contributed by atoms with E-state index in [9.17, 15) is 0 Å². The number of hydrogen-bond donors (Lipinski definition) is 0. The van der Waals surface area contributed by atoms with Crippen molar-refractivity contribution in [2.45, 2.75) is 19.6 Å². The van der Waals surface area contributed by atoms with Gasteiger partial charge in [-0.2, -0.15) is 0 Å². The summed E-state index contributed by atoms with van der Waals surface area (Å²) < 4.78 is 5.57. The Morgan fingerprint density at radius 1 is 1.42 bits per heavy atom. The second-order valence-electron chi connectivity index (χ2n) is 3.55. The lowest BCUT2D eigenvalue weighted by Gasteiger charge is -2.14. The molecule has 1 heterocycles. The fourth-order valence-corrected chi connectivity index (χ4v) is 1.77. The second-order valence-corrected chi connectivity index (χ2v) is 8.99. The monoisotopic (exact) mass is 198 g/mol. The van der Waals surface area contributed by atoms with Gasteiger partial charge >= 0.3 is 0 Å². The third kappa shape index (κ3) is 3.73. The van der Waals surface area contributed by atoms with Crippen molar-refractivity contribution in [3.8, 4) is 0 Å². The molecular formula is C9H14OSSi. The maximum Gasteiger partial charge on any atom is 0.241 e. The largest absolute Gasteiger partial charge is 0.550 e. The summed E-state index contributed by atoms with van der Waals surface area (Å²) in [6.45, 7) is 6.52. The van der Waals surface area contributed by atoms with Gasteiger partial charge in [-0.3, -0.25) is 0 Å². The van der Waals surface area contributed by atoms with Crippen molar-refractivity contribution in [3.63, 3.8) is 0 Å². The highest BCUT2D eigenvalue weighted by Crippen LogP contribution is 2.11. The fraction of sp³-hybridized carbons (Fsp3) is 0.333. The average molecular weight is 198 g/mol. The molecule has 0 fully saturated rings. The minimum absolute atomic E-state index is 1.24. The van der Waals surface area contributed by atoms with Gasteiger partial charge in [0.15, 0.2) is 0 Å². The molecule has 1 aromatic rings. The first-order valence-electron chi connectivity index (χ1n) is 3.96. The molecule has 0 atom stereocenters. The summed E-state index contributed by atoms with van der Waals surface area (Å²) in [7, 11) is -1.37. The summed E-state index contributed by atoms with van der Waals surface area (Å²) in [5.74, 6) is 0. The molecule has 0 bridgehead atoms. The van der Waals surface area contributed by atoms with E-state index < -0.39 is 8.32 Å². The minimum Gasteiger partial charge on any atom is -0.550 e. The van der Waals surface area contributed by atoms with E-state index in [0.29, 0.717) is 0 Å². The Morgan fingerprint density at radius 3 is 2.67 bits per heavy atom. The van der Waals surface area contributed by atoms with Gasteiger partial charge in [0.05, 0.1) is 6.26 Å². The molecule has 0 radical (unpaired) electrons. The number of rotatable bonds is 3. The van der Waals surface area contributed by atoms with Gasteiger partial charge in [-0.25, -0.2) is 0 Å². The lowest BCUT2D eigenvalue weighted by Crippen LogP contribution is -2.21. The minimum atomic E-state index is -1.37. The fourth-order valence-electron chi connectivity index (χ4n) is 0.691. The van der Waals surface area contributed by atoms with Crippen molar-refractivity contribution >= 4 is 25.7 Å². The van der Waals surface area contributed by atoms with E-state index in [0.717, 1.165) is 0 Å². The molecule has 0 unspecified atom stereocenters. The van der Waals surface area contributed by atoms with Crippen LogP contribution in [-0.4, -0.2) is 8.32 Å². The summed E-state index contributed by atoms with van der Waals surface area (Å²) >= 11 is 1.72. The van der Waals surface area contributed by atoms with E-state index in [1.165, 1.54) is 4.88 Å². The highest BCUT2D eigenvalue weighted by molar-refractivity contribution is 7.10. The molecule has 12 heavy (non-hydrogen) atoms. The van der Waals surface area contributed by atoms with Gasteiger partial charge in [-0.15, -0.1) is 11.3 Å². The van der Waals surface area contributed by atoms with Gasteiger partial charge in [0.25, 0.3) is 0 Å². The van der Waals surface area contributed by atoms with Crippen molar-refractivity contribution in [2.24, 2.45) is 0 Å². The number of thiophene rings is 1. The highest BCUT2D eigenvalue weighted by Gasteiger charge is 2.12. The van der Waals surface area contributed by atoms with Crippen molar-refractivity contribution in [2.75, 3.05) is 0 Å². The van der Waals surface area contributed by atoms with Gasteiger partial charge in [-0.05, 0) is 37.2 Å². The molecular weight excluding hydrogens is 184 g/mol. The highest BCUT2D eigenvalue weighted by atomic mass is 32.1. The van der Waals surface area contributed by atoms with Crippen LogP contribution in [0.1, 0.15) is 4.88 Å². The molecule has 0 aromatic carbocycles. The maximum atomic E-state index is 5.57. The summed E-state index contributed by atoms with van der Waals surface area (Å²) in [6.07, 6.45) is 3.83. The Morgan fingerprint density at radius 2 is 2.17 bits per heavy atom. The number of hydrogen-bond acceptors (Lipinski definition) is 2. The SMILES string of the molecule is C[Si](C)(C)O/C=C\c1cccs1. The van der Waals surface area contributed by atoms with Gasteiger partial charge in [0, 0.05) is 4.88 Å². The Bertz CT molecular complexity index is 246. The third-order valence-electron chi connectivity index (χ3n) is 1.20. The van der Waals surface area contributed by atoms with E-state index in [1.807, 2.05) is 18.4 Å². The first-order valence-corrected chi connectivity index (χ1v) is 8.24. The van der Waals surface area contributed by atoms with Crippen LogP contribution < -0.4 is 0 Å². The van der Waals surface area contributed by atoms with Gasteiger partial charge in [0.2, 0.25) is 8.32 Å². The Balaban J connectivity index is 2.42. The summed E-state index contributed by atoms with van der Waals surface area (Å²) in [5, 5.41) is 2.06. The smallest absolute Gasteiger partial charge is 0.241 e. The molecule has 0 amide bonds. The molecule has 0 aliphatic carbocycles. The van der Waals surface area contributed by atoms with Crippen LogP contribution in [0.15, 0.2) is 23.8 Å². The Hall–Kier alpha value is -0.543. The van der Waals surface area contributed by atoms with Crippen molar-refractivity contribution < 1.29 is 4.43 Å². The van der Waals surface area contributed by atoms with Crippen LogP contribution in [0.25, 0.3) is 6.08 Å². The molecule has 66 valence electrons. The Labute approximate surface area is 78.8 Å². The summed E-state index contributed by atoms with van der Waals surface area (Å²) in [6, 6.07) is 4.12. The van der Waals surface area contributed by atoms with Crippen LogP contribution >= 0.6 is 11.3 Å². The quantitative estimate of drug-likeness (QED) is 0.533. The molecule has 0 N–H and O–H groups in total. The van der Waals surface area contributed by atoms with Crippen molar-refractivity contribution in [3.05, 3.63) is 28.7 Å². The van der Waals surface area contributed by atoms with E-state index in [-0.39, 0.29) is 0 Å². The molecule has 3 heteroatoms. The summed E-state index contributed by atoms with van der Waals surface area (Å²) in [5.41, 5.74) is 0. The summed E-state index contributed by atoms with van der Waals surface area (Å²) in [4.78, 5) is 1.24. The molecule has 1 aromatic heterocycles. The van der Waals surface area contributed by atoms with Crippen LogP contribution in [-0.2, 0) is 4.43 Å². The van der Waals surface area contributed by atoms with Crippen LogP contribution in [0.3, 0.4) is 0 Å². The van der Waals surface area contributed by atoms with Gasteiger partial charge < -0.3 is 4.43 Å². The van der Waals surface area contributed by atoms with Crippen LogP contribution in [0.5, 0.6) is 0 Å². The predicted octanol–water partition coefficient (Wildman–Crippen LogP) is 3.57. The van der Waals surface area contributed by atoms with E-state index in [2.05, 4.69) is 31.1 Å². The first-order chi connectivity index (χ1) is 5.58. The second kappa shape index (κ2) is 3.91. The van der Waals surface area contributed by atoms with Gasteiger partial charge in [0.1, 0.15) is 0 Å². The zero-order valence-corrected chi connectivity index (χ0v) is 9.52. The Kier molecular flexibility index (Phi) is 3.11. The van der Waals surface area contributed by atoms with Crippen molar-refractivity contribution in [1.29, 1.82) is 0 Å². The van der Waals surface area contributed by atoms with Gasteiger partial charge in [-0.1, -0.05) is 6.07 Å². The molecule has 0 aliphatic rings. The van der Waals surface area contributed by atoms with E-state index in [4.69, 9.17) is 4.43 Å². The molecule has 1 rings (SSSR count). The maximum absolute atomic E-state index is 5.57. The standard InChI is InChI=1S/C9H14OSSi/c1-12(2,3)10-7-6-9-5-4-8-11-9/h4-8H,1-3H3/b7-6-.